The number of fused-ring (bicyclic) bond motifs is 2. The van der Waals surface area contributed by atoms with Gasteiger partial charge in [0, 0.05) is 25.9 Å². The number of ether oxygens (including phenoxy) is 5. The minimum Gasteiger partial charge on any atom is -0.449 e. The van der Waals surface area contributed by atoms with Crippen molar-refractivity contribution in [1.29, 1.82) is 0 Å². The average Bonchev–Trinajstić information content (AvgIpc) is 3.44. The van der Waals surface area contributed by atoms with Gasteiger partial charge in [0.05, 0.1) is 70.8 Å². The topological polar surface area (TPSA) is 140 Å². The van der Waals surface area contributed by atoms with Gasteiger partial charge in [-0.2, -0.15) is 0 Å². The van der Waals surface area contributed by atoms with Crippen molar-refractivity contribution in [3.8, 4) is 0 Å². The Balaban J connectivity index is 1.14. The lowest BCUT2D eigenvalue weighted by molar-refractivity contribution is -0.118. The number of carbonyl (C=O) groups excluding carboxylic acids is 3. The summed E-state index contributed by atoms with van der Waals surface area (Å²) >= 11 is 0. The van der Waals surface area contributed by atoms with Gasteiger partial charge < -0.3 is 33.8 Å². The maximum absolute atomic E-state index is 12.1. The van der Waals surface area contributed by atoms with Crippen molar-refractivity contribution in [2.45, 2.75) is 71.8 Å². The van der Waals surface area contributed by atoms with Crippen LogP contribution in [0.15, 0.2) is 0 Å². The lowest BCUT2D eigenvalue weighted by Crippen LogP contribution is -2.29. The number of amides is 1. The van der Waals surface area contributed by atoms with E-state index in [-0.39, 0.29) is 11.6 Å². The third-order valence-corrected chi connectivity index (χ3v) is 7.64. The second kappa shape index (κ2) is 18.9. The second-order valence-electron chi connectivity index (χ2n) is 10.9. The third-order valence-electron chi connectivity index (χ3n) is 7.64. The van der Waals surface area contributed by atoms with Crippen LogP contribution < -0.4 is 5.32 Å². The Morgan fingerprint density at radius 3 is 2.07 bits per heavy atom. The summed E-state index contributed by atoms with van der Waals surface area (Å²) in [6, 6.07) is 0. The van der Waals surface area contributed by atoms with Gasteiger partial charge in [0.1, 0.15) is 11.6 Å². The van der Waals surface area contributed by atoms with E-state index in [9.17, 15) is 14.4 Å². The Hall–Kier alpha value is -2.41. The number of nitrogens with zero attached hydrogens (tertiary/aromatic N) is 3. The van der Waals surface area contributed by atoms with Gasteiger partial charge in [0.25, 0.3) is 0 Å². The molecule has 1 fully saturated rings. The van der Waals surface area contributed by atoms with Gasteiger partial charge in [-0.15, -0.1) is 5.10 Å². The number of ketones is 2. The van der Waals surface area contributed by atoms with Crippen LogP contribution in [0.2, 0.25) is 0 Å². The first kappa shape index (κ1) is 33.1. The number of nitrogens with one attached hydrogen (secondary N) is 1. The molecule has 232 valence electrons. The molecule has 1 aromatic rings. The number of carbonyl (C=O) groups is 3. The number of rotatable bonds is 22. The molecular weight excluding hydrogens is 532 g/mol. The molecule has 3 atom stereocenters. The fraction of sp³-hybridized carbons (Fsp3) is 0.828. The molecule has 1 N–H and O–H groups in total. The smallest absolute Gasteiger partial charge is 0.407 e. The van der Waals surface area contributed by atoms with E-state index < -0.39 is 6.09 Å². The summed E-state index contributed by atoms with van der Waals surface area (Å²) in [5, 5.41) is 11.5. The number of aryl methyl sites for hydroxylation is 2. The van der Waals surface area contributed by atoms with E-state index >= 15 is 0 Å². The van der Waals surface area contributed by atoms with Crippen LogP contribution in [0.5, 0.6) is 0 Å². The van der Waals surface area contributed by atoms with Crippen LogP contribution >= 0.6 is 0 Å². The molecule has 0 spiro atoms. The van der Waals surface area contributed by atoms with Gasteiger partial charge in [-0.1, -0.05) is 5.21 Å². The van der Waals surface area contributed by atoms with Gasteiger partial charge in [-0.3, -0.25) is 4.79 Å². The minimum atomic E-state index is -0.405. The minimum absolute atomic E-state index is 0.118. The predicted molar refractivity (Wildman–Crippen MR) is 150 cm³/mol. The van der Waals surface area contributed by atoms with Crippen LogP contribution in [0, 0.1) is 17.8 Å². The molecule has 0 saturated heterocycles. The van der Waals surface area contributed by atoms with Crippen LogP contribution in [-0.2, 0) is 52.7 Å². The quantitative estimate of drug-likeness (QED) is 0.204. The molecule has 0 aromatic carbocycles. The van der Waals surface area contributed by atoms with Gasteiger partial charge in [0.15, 0.2) is 0 Å². The molecule has 2 aliphatic rings. The van der Waals surface area contributed by atoms with Gasteiger partial charge in [0.2, 0.25) is 0 Å². The molecule has 2 aliphatic carbocycles. The summed E-state index contributed by atoms with van der Waals surface area (Å²) in [5.74, 6) is 1.93. The highest BCUT2D eigenvalue weighted by Gasteiger charge is 2.50. The van der Waals surface area contributed by atoms with Crippen molar-refractivity contribution < 1.29 is 38.1 Å². The Kier molecular flexibility index (Phi) is 15.3. The molecular formula is C29H48N4O8. The molecule has 0 aliphatic heterocycles. The third kappa shape index (κ3) is 13.0. The predicted octanol–water partition coefficient (Wildman–Crippen LogP) is 2.55. The summed E-state index contributed by atoms with van der Waals surface area (Å²) in [5.41, 5.74) is 2.33. The lowest BCUT2D eigenvalue weighted by Gasteiger charge is -2.10. The van der Waals surface area contributed by atoms with Crippen LogP contribution in [0.25, 0.3) is 0 Å². The highest BCUT2D eigenvalue weighted by molar-refractivity contribution is 5.75. The molecule has 1 aromatic heterocycles. The number of hydrogen-bond acceptors (Lipinski definition) is 10. The number of alkyl carbamates (subject to hydrolysis) is 1. The zero-order valence-electron chi connectivity index (χ0n) is 24.8. The van der Waals surface area contributed by atoms with E-state index in [1.54, 1.807) is 13.8 Å². The van der Waals surface area contributed by atoms with E-state index in [1.165, 1.54) is 5.69 Å². The van der Waals surface area contributed by atoms with Crippen molar-refractivity contribution in [3.05, 3.63) is 11.4 Å². The van der Waals surface area contributed by atoms with Gasteiger partial charge in [-0.05, 0) is 70.1 Å². The molecule has 3 unspecified atom stereocenters. The number of Topliss-reactive ketones (excluding diaryl/α,β-unsaturated/α-hetero) is 2. The van der Waals surface area contributed by atoms with Gasteiger partial charge >= 0.3 is 6.09 Å². The standard InChI is InChI=1S/C29H48N4O8/c1-22(34)5-3-4-12-33-28-9-7-25-24(6-8-27(28)31-32-33)26(25)21-41-29(36)30-11-14-38-16-18-40-20-19-39-17-15-37-13-10-23(2)35/h24-26H,3-21H2,1-2H3,(H,30,36). The van der Waals surface area contributed by atoms with Crippen LogP contribution in [0.3, 0.4) is 0 Å². The molecule has 0 radical (unpaired) electrons. The first-order valence-electron chi connectivity index (χ1n) is 15.1. The Morgan fingerprint density at radius 2 is 1.41 bits per heavy atom. The monoisotopic (exact) mass is 580 g/mol. The second-order valence-corrected chi connectivity index (χ2v) is 10.9. The summed E-state index contributed by atoms with van der Waals surface area (Å²) in [7, 11) is 0. The molecule has 1 heterocycles. The van der Waals surface area contributed by atoms with Crippen molar-refractivity contribution in [2.75, 3.05) is 66.0 Å². The maximum Gasteiger partial charge on any atom is 0.407 e. The van der Waals surface area contributed by atoms with Crippen LogP contribution in [0.4, 0.5) is 4.79 Å². The summed E-state index contributed by atoms with van der Waals surface area (Å²) in [6.45, 7) is 8.39. The normalized spacial score (nSPS) is 19.5. The van der Waals surface area contributed by atoms with E-state index in [1.807, 2.05) is 4.68 Å². The zero-order chi connectivity index (χ0) is 29.3. The SMILES string of the molecule is CC(=O)CCCCn1nnc2c1CCC1C(CC2)C1COC(=O)NCCOCCOCCOCCOCCC(C)=O. The largest absolute Gasteiger partial charge is 0.449 e. The number of unbranched alkanes of at least 4 members (excludes halogenated alkanes) is 1. The molecule has 3 rings (SSSR count). The number of hydrogen-bond donors (Lipinski definition) is 1. The molecule has 12 heteroatoms. The average molecular weight is 581 g/mol. The molecule has 12 nitrogen and oxygen atoms in total. The summed E-state index contributed by atoms with van der Waals surface area (Å²) < 4.78 is 29.1. The molecule has 0 bridgehead atoms. The van der Waals surface area contributed by atoms with Crippen molar-refractivity contribution >= 4 is 17.7 Å². The first-order chi connectivity index (χ1) is 20.0. The van der Waals surface area contributed by atoms with Gasteiger partial charge in [-0.25, -0.2) is 9.48 Å². The molecule has 41 heavy (non-hydrogen) atoms. The molecule has 1 amide bonds. The lowest BCUT2D eigenvalue weighted by atomic mass is 10.0. The first-order valence-corrected chi connectivity index (χ1v) is 15.1. The number of aromatic nitrogens is 3. The maximum atomic E-state index is 12.1. The fourth-order valence-electron chi connectivity index (χ4n) is 5.31. The van der Waals surface area contributed by atoms with E-state index in [0.717, 1.165) is 50.8 Å². The van der Waals surface area contributed by atoms with Crippen LogP contribution in [-0.4, -0.2) is 98.7 Å². The zero-order valence-corrected chi connectivity index (χ0v) is 24.8. The molecule has 1 saturated carbocycles. The Morgan fingerprint density at radius 1 is 0.805 bits per heavy atom. The van der Waals surface area contributed by atoms with E-state index in [4.69, 9.17) is 23.7 Å². The van der Waals surface area contributed by atoms with Crippen molar-refractivity contribution in [1.82, 2.24) is 20.3 Å². The highest BCUT2D eigenvalue weighted by Crippen LogP contribution is 2.52. The summed E-state index contributed by atoms with van der Waals surface area (Å²) in [4.78, 5) is 34.1. The Labute approximate surface area is 243 Å². The highest BCUT2D eigenvalue weighted by atomic mass is 16.6. The summed E-state index contributed by atoms with van der Waals surface area (Å²) in [6.07, 6.45) is 6.45. The van der Waals surface area contributed by atoms with Crippen LogP contribution in [0.1, 0.15) is 63.8 Å². The van der Waals surface area contributed by atoms with Crippen molar-refractivity contribution in [3.63, 3.8) is 0 Å². The fourth-order valence-corrected chi connectivity index (χ4v) is 5.31. The Bertz CT molecular complexity index is 940. The van der Waals surface area contributed by atoms with E-state index in [2.05, 4.69) is 15.6 Å². The van der Waals surface area contributed by atoms with Crippen molar-refractivity contribution in [2.24, 2.45) is 17.8 Å². The van der Waals surface area contributed by atoms with E-state index in [0.29, 0.717) is 96.6 Å².